The minimum Gasteiger partial charge on any atom is -0.497 e. The van der Waals surface area contributed by atoms with Crippen molar-refractivity contribution in [3.05, 3.63) is 36.0 Å². The number of methoxy groups -OCH3 is 1. The van der Waals surface area contributed by atoms with Crippen molar-refractivity contribution < 1.29 is 9.53 Å². The molecule has 1 amide bonds. The Balaban J connectivity index is 1.75. The van der Waals surface area contributed by atoms with E-state index in [-0.39, 0.29) is 5.91 Å². The Hall–Kier alpha value is -2.14. The third-order valence-electron chi connectivity index (χ3n) is 4.99. The van der Waals surface area contributed by atoms with Gasteiger partial charge in [0, 0.05) is 31.6 Å². The summed E-state index contributed by atoms with van der Waals surface area (Å²) in [5.74, 6) is 0.797. The fourth-order valence-corrected chi connectivity index (χ4v) is 3.32. The van der Waals surface area contributed by atoms with Gasteiger partial charge in [0.15, 0.2) is 0 Å². The molecule has 128 valence electrons. The van der Waals surface area contributed by atoms with Crippen LogP contribution < -0.4 is 4.74 Å². The SMILES string of the molecule is CCN1CCC(N(C)C(=O)c2ccc3cc(OC)ccc3n2)CC1. The minimum atomic E-state index is 0.00247. The topological polar surface area (TPSA) is 45.7 Å². The minimum absolute atomic E-state index is 0.00247. The maximum absolute atomic E-state index is 12.8. The van der Waals surface area contributed by atoms with Crippen LogP contribution in [0, 0.1) is 0 Å². The quantitative estimate of drug-likeness (QED) is 0.866. The Kier molecular flexibility index (Phi) is 5.00. The molecule has 1 aliphatic heterocycles. The van der Waals surface area contributed by atoms with Gasteiger partial charge in [-0.15, -0.1) is 0 Å². The lowest BCUT2D eigenvalue weighted by Gasteiger charge is -2.36. The molecule has 1 fully saturated rings. The molecule has 0 N–H and O–H groups in total. The Labute approximate surface area is 143 Å². The molecule has 5 heteroatoms. The van der Waals surface area contributed by atoms with E-state index < -0.39 is 0 Å². The van der Waals surface area contributed by atoms with Crippen LogP contribution in [0.1, 0.15) is 30.3 Å². The molecule has 0 spiro atoms. The van der Waals surface area contributed by atoms with Crippen molar-refractivity contribution >= 4 is 16.8 Å². The van der Waals surface area contributed by atoms with Crippen molar-refractivity contribution in [1.29, 1.82) is 0 Å². The molecule has 0 aliphatic carbocycles. The average Bonchev–Trinajstić information content (AvgIpc) is 2.66. The number of pyridine rings is 1. The molecule has 0 unspecified atom stereocenters. The van der Waals surface area contributed by atoms with Crippen molar-refractivity contribution in [3.8, 4) is 5.75 Å². The number of carbonyl (C=O) groups is 1. The molecule has 1 aliphatic rings. The fourth-order valence-electron chi connectivity index (χ4n) is 3.32. The summed E-state index contributed by atoms with van der Waals surface area (Å²) in [5, 5.41) is 0.977. The zero-order valence-electron chi connectivity index (χ0n) is 14.7. The van der Waals surface area contributed by atoms with Crippen molar-refractivity contribution in [2.24, 2.45) is 0 Å². The Bertz CT molecular complexity index is 724. The first kappa shape index (κ1) is 16.7. The van der Waals surface area contributed by atoms with Crippen molar-refractivity contribution in [3.63, 3.8) is 0 Å². The van der Waals surface area contributed by atoms with E-state index in [4.69, 9.17) is 4.74 Å². The van der Waals surface area contributed by atoms with Gasteiger partial charge in [0.1, 0.15) is 11.4 Å². The zero-order valence-corrected chi connectivity index (χ0v) is 14.7. The largest absolute Gasteiger partial charge is 0.497 e. The van der Waals surface area contributed by atoms with Gasteiger partial charge in [-0.3, -0.25) is 4.79 Å². The first-order valence-corrected chi connectivity index (χ1v) is 8.56. The third-order valence-corrected chi connectivity index (χ3v) is 4.99. The van der Waals surface area contributed by atoms with E-state index in [1.807, 2.05) is 42.3 Å². The van der Waals surface area contributed by atoms with Crippen LogP contribution in [0.3, 0.4) is 0 Å². The summed E-state index contributed by atoms with van der Waals surface area (Å²) in [7, 11) is 3.54. The summed E-state index contributed by atoms with van der Waals surface area (Å²) in [6.45, 7) is 5.39. The lowest BCUT2D eigenvalue weighted by atomic mass is 10.0. The van der Waals surface area contributed by atoms with Crippen LogP contribution in [0.25, 0.3) is 10.9 Å². The summed E-state index contributed by atoms with van der Waals surface area (Å²) >= 11 is 0. The number of hydrogen-bond acceptors (Lipinski definition) is 4. The molecule has 5 nitrogen and oxygen atoms in total. The van der Waals surface area contributed by atoms with Crippen LogP contribution in [-0.4, -0.2) is 60.5 Å². The highest BCUT2D eigenvalue weighted by molar-refractivity contribution is 5.95. The molecule has 1 aromatic carbocycles. The number of rotatable bonds is 4. The number of fused-ring (bicyclic) bond motifs is 1. The van der Waals surface area contributed by atoms with Gasteiger partial charge in [-0.05, 0) is 43.7 Å². The lowest BCUT2D eigenvalue weighted by molar-refractivity contribution is 0.0641. The van der Waals surface area contributed by atoms with Crippen molar-refractivity contribution in [2.75, 3.05) is 33.8 Å². The van der Waals surface area contributed by atoms with Crippen molar-refractivity contribution in [1.82, 2.24) is 14.8 Å². The summed E-state index contributed by atoms with van der Waals surface area (Å²) in [5.41, 5.74) is 1.32. The summed E-state index contributed by atoms with van der Waals surface area (Å²) in [6, 6.07) is 9.74. The number of aromatic nitrogens is 1. The number of amides is 1. The highest BCUT2D eigenvalue weighted by Crippen LogP contribution is 2.21. The molecule has 0 bridgehead atoms. The Morgan fingerprint density at radius 3 is 2.71 bits per heavy atom. The molecule has 2 aromatic rings. The van der Waals surface area contributed by atoms with E-state index in [1.165, 1.54) is 0 Å². The molecule has 1 aromatic heterocycles. The van der Waals surface area contributed by atoms with Gasteiger partial charge < -0.3 is 14.5 Å². The summed E-state index contributed by atoms with van der Waals surface area (Å²) in [4.78, 5) is 21.6. The van der Waals surface area contributed by atoms with Gasteiger partial charge in [-0.25, -0.2) is 4.98 Å². The second-order valence-electron chi connectivity index (χ2n) is 6.34. The van der Waals surface area contributed by atoms with Crippen LogP contribution in [-0.2, 0) is 0 Å². The van der Waals surface area contributed by atoms with Gasteiger partial charge in [0.25, 0.3) is 5.91 Å². The van der Waals surface area contributed by atoms with Crippen LogP contribution in [0.2, 0.25) is 0 Å². The maximum Gasteiger partial charge on any atom is 0.272 e. The molecule has 2 heterocycles. The smallest absolute Gasteiger partial charge is 0.272 e. The van der Waals surface area contributed by atoms with Gasteiger partial charge in [0.2, 0.25) is 0 Å². The van der Waals surface area contributed by atoms with Gasteiger partial charge in [-0.1, -0.05) is 13.0 Å². The van der Waals surface area contributed by atoms with Crippen LogP contribution >= 0.6 is 0 Å². The number of benzene rings is 1. The predicted octanol–water partition coefficient (Wildman–Crippen LogP) is 2.80. The molecule has 3 rings (SSSR count). The molecule has 0 radical (unpaired) electrons. The van der Waals surface area contributed by atoms with E-state index in [1.54, 1.807) is 7.11 Å². The summed E-state index contributed by atoms with van der Waals surface area (Å²) in [6.07, 6.45) is 2.06. The monoisotopic (exact) mass is 327 g/mol. The van der Waals surface area contributed by atoms with Crippen LogP contribution in [0.5, 0.6) is 5.75 Å². The van der Waals surface area contributed by atoms with E-state index >= 15 is 0 Å². The molecule has 24 heavy (non-hydrogen) atoms. The standard InChI is InChI=1S/C19H25N3O2/c1-4-22-11-9-15(10-12-22)21(2)19(23)18-7-5-14-13-16(24-3)6-8-17(14)20-18/h5-8,13,15H,4,9-12H2,1-3H3. The second-order valence-corrected chi connectivity index (χ2v) is 6.34. The Morgan fingerprint density at radius 2 is 2.04 bits per heavy atom. The fraction of sp³-hybridized carbons (Fsp3) is 0.474. The van der Waals surface area contributed by atoms with Gasteiger partial charge in [0.05, 0.1) is 12.6 Å². The number of hydrogen-bond donors (Lipinski definition) is 0. The normalized spacial score (nSPS) is 16.3. The summed E-state index contributed by atoms with van der Waals surface area (Å²) < 4.78 is 5.23. The number of nitrogens with zero attached hydrogens (tertiary/aromatic N) is 3. The first-order chi connectivity index (χ1) is 11.6. The zero-order chi connectivity index (χ0) is 17.1. The molecular weight excluding hydrogens is 302 g/mol. The second kappa shape index (κ2) is 7.18. The molecular formula is C19H25N3O2. The molecule has 1 saturated heterocycles. The molecule has 0 atom stereocenters. The highest BCUT2D eigenvalue weighted by Gasteiger charge is 2.26. The van der Waals surface area contributed by atoms with E-state index in [0.717, 1.165) is 49.1 Å². The van der Waals surface area contributed by atoms with Crippen molar-refractivity contribution in [2.45, 2.75) is 25.8 Å². The Morgan fingerprint density at radius 1 is 1.29 bits per heavy atom. The highest BCUT2D eigenvalue weighted by atomic mass is 16.5. The van der Waals surface area contributed by atoms with Crippen LogP contribution in [0.15, 0.2) is 30.3 Å². The predicted molar refractivity (Wildman–Crippen MR) is 95.5 cm³/mol. The maximum atomic E-state index is 12.8. The average molecular weight is 327 g/mol. The number of ether oxygens (including phenoxy) is 1. The third kappa shape index (κ3) is 3.36. The first-order valence-electron chi connectivity index (χ1n) is 8.56. The van der Waals surface area contributed by atoms with E-state index in [2.05, 4.69) is 16.8 Å². The van der Waals surface area contributed by atoms with E-state index in [9.17, 15) is 4.79 Å². The number of piperidine rings is 1. The molecule has 0 saturated carbocycles. The lowest BCUT2D eigenvalue weighted by Crippen LogP contribution is -2.45. The number of carbonyl (C=O) groups excluding carboxylic acids is 1. The van der Waals surface area contributed by atoms with E-state index in [0.29, 0.717) is 11.7 Å². The van der Waals surface area contributed by atoms with Gasteiger partial charge in [-0.2, -0.15) is 0 Å². The number of likely N-dealkylation sites (tertiary alicyclic amines) is 1. The van der Waals surface area contributed by atoms with Crippen LogP contribution in [0.4, 0.5) is 0 Å². The van der Waals surface area contributed by atoms with Gasteiger partial charge >= 0.3 is 0 Å².